The van der Waals surface area contributed by atoms with Gasteiger partial charge in [-0.2, -0.15) is 0 Å². The van der Waals surface area contributed by atoms with Gasteiger partial charge in [-0.1, -0.05) is 0 Å². The van der Waals surface area contributed by atoms with Crippen molar-refractivity contribution in [1.29, 1.82) is 0 Å². The topological polar surface area (TPSA) is 37.4 Å². The van der Waals surface area contributed by atoms with Gasteiger partial charge in [0.25, 0.3) is 11.8 Å². The van der Waals surface area contributed by atoms with Gasteiger partial charge in [-0.25, -0.2) is 0 Å². The number of likely N-dealkylation sites (N-methyl/N-ethyl adjacent to an activating group) is 1. The standard InChI is InChI=1S/C5H4BrNO2S/c1-7-4(8)2(6)3(10)5(7)9/h10H,1H3. The summed E-state index contributed by atoms with van der Waals surface area (Å²) in [4.78, 5) is 22.9. The molecule has 5 heteroatoms. The number of nitrogens with zero attached hydrogens (tertiary/aromatic N) is 1. The van der Waals surface area contributed by atoms with Crippen LogP contribution in [0.15, 0.2) is 9.39 Å². The van der Waals surface area contributed by atoms with Crippen molar-refractivity contribution in [1.82, 2.24) is 4.90 Å². The quantitative estimate of drug-likeness (QED) is 0.479. The molecule has 1 rings (SSSR count). The number of hydrogen-bond donors (Lipinski definition) is 1. The molecule has 3 nitrogen and oxygen atoms in total. The Morgan fingerprint density at radius 3 is 2.00 bits per heavy atom. The summed E-state index contributed by atoms with van der Waals surface area (Å²) in [5.41, 5.74) is 0. The lowest BCUT2D eigenvalue weighted by Crippen LogP contribution is -2.25. The Morgan fingerprint density at radius 1 is 1.40 bits per heavy atom. The highest BCUT2D eigenvalue weighted by atomic mass is 79.9. The lowest BCUT2D eigenvalue weighted by Gasteiger charge is -2.03. The van der Waals surface area contributed by atoms with Crippen LogP contribution < -0.4 is 0 Å². The Bertz CT molecular complexity index is 224. The molecule has 0 radical (unpaired) electrons. The minimum Gasteiger partial charge on any atom is -0.277 e. The molecule has 10 heavy (non-hydrogen) atoms. The fraction of sp³-hybridized carbons (Fsp3) is 0.200. The lowest BCUT2D eigenvalue weighted by molar-refractivity contribution is -0.135. The molecule has 0 N–H and O–H groups in total. The first-order valence-corrected chi connectivity index (χ1v) is 3.71. The number of carbonyl (C=O) groups is 2. The van der Waals surface area contributed by atoms with Crippen LogP contribution in [0.2, 0.25) is 0 Å². The zero-order valence-electron chi connectivity index (χ0n) is 5.09. The Hall–Kier alpha value is -0.290. The van der Waals surface area contributed by atoms with Crippen molar-refractivity contribution in [3.05, 3.63) is 9.39 Å². The molecule has 0 unspecified atom stereocenters. The number of thiol groups is 1. The third-order valence-corrected chi connectivity index (χ3v) is 2.66. The largest absolute Gasteiger partial charge is 0.277 e. The average molecular weight is 222 g/mol. The molecule has 0 aromatic rings. The summed E-state index contributed by atoms with van der Waals surface area (Å²) in [7, 11) is 1.41. The predicted octanol–water partition coefficient (Wildman–Crippen LogP) is 0.521. The van der Waals surface area contributed by atoms with E-state index in [2.05, 4.69) is 28.6 Å². The number of hydrogen-bond acceptors (Lipinski definition) is 3. The van der Waals surface area contributed by atoms with Crippen molar-refractivity contribution < 1.29 is 9.59 Å². The van der Waals surface area contributed by atoms with Gasteiger partial charge in [0.05, 0.1) is 4.91 Å². The van der Waals surface area contributed by atoms with Gasteiger partial charge in [0, 0.05) is 7.05 Å². The Labute approximate surface area is 71.6 Å². The third kappa shape index (κ3) is 0.894. The van der Waals surface area contributed by atoms with Crippen LogP contribution in [-0.2, 0) is 9.59 Å². The van der Waals surface area contributed by atoms with Gasteiger partial charge >= 0.3 is 0 Å². The Morgan fingerprint density at radius 2 is 1.90 bits per heavy atom. The maximum atomic E-state index is 10.9. The van der Waals surface area contributed by atoms with E-state index in [0.717, 1.165) is 4.90 Å². The van der Waals surface area contributed by atoms with E-state index < -0.39 is 0 Å². The molecular formula is C5H4BrNO2S. The monoisotopic (exact) mass is 221 g/mol. The Kier molecular flexibility index (Phi) is 1.87. The molecule has 0 saturated heterocycles. The minimum absolute atomic E-state index is 0.174. The van der Waals surface area contributed by atoms with Gasteiger partial charge in [-0.15, -0.1) is 12.6 Å². The smallest absolute Gasteiger partial charge is 0.268 e. The molecule has 0 aromatic carbocycles. The van der Waals surface area contributed by atoms with E-state index in [9.17, 15) is 9.59 Å². The summed E-state index contributed by atoms with van der Waals surface area (Å²) < 4.78 is 0.239. The van der Waals surface area contributed by atoms with Crippen molar-refractivity contribution in [2.45, 2.75) is 0 Å². The molecule has 2 amide bonds. The SMILES string of the molecule is CN1C(=O)C(S)=C(Br)C1=O. The molecule has 0 aromatic heterocycles. The van der Waals surface area contributed by atoms with Gasteiger partial charge in [-0.3, -0.25) is 14.5 Å². The van der Waals surface area contributed by atoms with Gasteiger partial charge in [0.15, 0.2) is 0 Å². The second-order valence-electron chi connectivity index (χ2n) is 1.83. The fourth-order valence-corrected chi connectivity index (χ4v) is 1.27. The van der Waals surface area contributed by atoms with Crippen LogP contribution in [0.25, 0.3) is 0 Å². The number of amides is 2. The first kappa shape index (κ1) is 7.81. The molecular weight excluding hydrogens is 218 g/mol. The van der Waals surface area contributed by atoms with Crippen LogP contribution >= 0.6 is 28.6 Å². The molecule has 54 valence electrons. The fourth-order valence-electron chi connectivity index (χ4n) is 0.593. The molecule has 0 fully saturated rings. The Balaban J connectivity index is 3.11. The molecule has 1 aliphatic heterocycles. The van der Waals surface area contributed by atoms with E-state index in [-0.39, 0.29) is 21.2 Å². The van der Waals surface area contributed by atoms with Crippen LogP contribution in [0, 0.1) is 0 Å². The first-order chi connectivity index (χ1) is 4.55. The van der Waals surface area contributed by atoms with Gasteiger partial charge in [-0.05, 0) is 15.9 Å². The van der Waals surface area contributed by atoms with Crippen LogP contribution in [0.1, 0.15) is 0 Å². The summed E-state index contributed by atoms with van der Waals surface area (Å²) in [5, 5.41) is 0. The lowest BCUT2D eigenvalue weighted by atomic mass is 10.5. The molecule has 0 saturated carbocycles. The number of carbonyl (C=O) groups excluding carboxylic acids is 2. The van der Waals surface area contributed by atoms with E-state index in [1.165, 1.54) is 7.05 Å². The normalized spacial score (nSPS) is 19.3. The number of rotatable bonds is 0. The highest BCUT2D eigenvalue weighted by Crippen LogP contribution is 2.25. The van der Waals surface area contributed by atoms with Crippen molar-refractivity contribution in [2.75, 3.05) is 7.05 Å². The summed E-state index contributed by atoms with van der Waals surface area (Å²) in [6, 6.07) is 0. The zero-order chi connectivity index (χ0) is 7.89. The van der Waals surface area contributed by atoms with E-state index in [1.807, 2.05) is 0 Å². The van der Waals surface area contributed by atoms with Gasteiger partial charge in [0.1, 0.15) is 4.48 Å². The first-order valence-electron chi connectivity index (χ1n) is 2.47. The zero-order valence-corrected chi connectivity index (χ0v) is 7.57. The second kappa shape index (κ2) is 2.39. The van der Waals surface area contributed by atoms with E-state index in [4.69, 9.17) is 0 Å². The maximum Gasteiger partial charge on any atom is 0.268 e. The number of halogens is 1. The van der Waals surface area contributed by atoms with Gasteiger partial charge in [0.2, 0.25) is 0 Å². The summed E-state index contributed by atoms with van der Waals surface area (Å²) in [6.45, 7) is 0. The third-order valence-electron chi connectivity index (χ3n) is 1.21. The van der Waals surface area contributed by atoms with Crippen LogP contribution in [0.5, 0.6) is 0 Å². The molecule has 0 bridgehead atoms. The van der Waals surface area contributed by atoms with Crippen LogP contribution in [0.3, 0.4) is 0 Å². The van der Waals surface area contributed by atoms with Crippen molar-refractivity contribution in [3.63, 3.8) is 0 Å². The summed E-state index contributed by atoms with van der Waals surface area (Å²) >= 11 is 6.76. The highest BCUT2D eigenvalue weighted by molar-refractivity contribution is 9.12. The second-order valence-corrected chi connectivity index (χ2v) is 3.07. The number of imide groups is 1. The van der Waals surface area contributed by atoms with Crippen molar-refractivity contribution >= 4 is 40.4 Å². The van der Waals surface area contributed by atoms with E-state index in [1.54, 1.807) is 0 Å². The van der Waals surface area contributed by atoms with Gasteiger partial charge < -0.3 is 0 Å². The molecule has 0 atom stereocenters. The average Bonchev–Trinajstić information content (AvgIpc) is 2.07. The van der Waals surface area contributed by atoms with Crippen LogP contribution in [0.4, 0.5) is 0 Å². The highest BCUT2D eigenvalue weighted by Gasteiger charge is 2.31. The summed E-state index contributed by atoms with van der Waals surface area (Å²) in [6.07, 6.45) is 0. The summed E-state index contributed by atoms with van der Waals surface area (Å²) in [5.74, 6) is -0.699. The van der Waals surface area contributed by atoms with Crippen LogP contribution in [-0.4, -0.2) is 23.8 Å². The maximum absolute atomic E-state index is 10.9. The van der Waals surface area contributed by atoms with Crippen molar-refractivity contribution in [2.24, 2.45) is 0 Å². The van der Waals surface area contributed by atoms with E-state index in [0.29, 0.717) is 0 Å². The molecule has 0 spiro atoms. The molecule has 1 aliphatic rings. The molecule has 1 heterocycles. The minimum atomic E-state index is -0.361. The predicted molar refractivity (Wildman–Crippen MR) is 42.7 cm³/mol. The van der Waals surface area contributed by atoms with E-state index >= 15 is 0 Å². The van der Waals surface area contributed by atoms with Crippen molar-refractivity contribution in [3.8, 4) is 0 Å². The molecule has 0 aliphatic carbocycles.